The summed E-state index contributed by atoms with van der Waals surface area (Å²) in [5.41, 5.74) is 1.96. The van der Waals surface area contributed by atoms with Gasteiger partial charge in [-0.1, -0.05) is 6.07 Å². The van der Waals surface area contributed by atoms with E-state index in [9.17, 15) is 4.79 Å². The molecule has 0 atom stereocenters. The molecule has 6 heteroatoms. The molecule has 0 saturated carbocycles. The van der Waals surface area contributed by atoms with Crippen LogP contribution in [-0.4, -0.2) is 50.1 Å². The van der Waals surface area contributed by atoms with Crippen LogP contribution in [0.2, 0.25) is 0 Å². The van der Waals surface area contributed by atoms with Gasteiger partial charge in [0.15, 0.2) is 0 Å². The zero-order valence-electron chi connectivity index (χ0n) is 12.3. The van der Waals surface area contributed by atoms with Crippen LogP contribution in [0.15, 0.2) is 18.2 Å². The van der Waals surface area contributed by atoms with E-state index in [2.05, 4.69) is 45.0 Å². The van der Waals surface area contributed by atoms with Crippen LogP contribution < -0.4 is 10.6 Å². The fourth-order valence-electron chi connectivity index (χ4n) is 2.28. The monoisotopic (exact) mass is 423 g/mol. The van der Waals surface area contributed by atoms with Crippen LogP contribution in [-0.2, 0) is 0 Å². The molecule has 1 aliphatic rings. The molecular weight excluding hydrogens is 401 g/mol. The molecule has 0 radical (unpaired) electrons. The Morgan fingerprint density at radius 3 is 2.76 bits per heavy atom. The summed E-state index contributed by atoms with van der Waals surface area (Å²) >= 11 is 2.26. The maximum Gasteiger partial charge on any atom is 0.251 e. The van der Waals surface area contributed by atoms with E-state index in [1.807, 2.05) is 18.2 Å². The smallest absolute Gasteiger partial charge is 0.251 e. The van der Waals surface area contributed by atoms with Crippen molar-refractivity contribution in [2.75, 3.05) is 39.3 Å². The highest BCUT2D eigenvalue weighted by molar-refractivity contribution is 14.1. The minimum Gasteiger partial charge on any atom is -0.352 e. The number of aryl methyl sites for hydroxylation is 1. The Hall–Kier alpha value is -0.370. The highest BCUT2D eigenvalue weighted by Gasteiger charge is 2.09. The van der Waals surface area contributed by atoms with E-state index in [4.69, 9.17) is 0 Å². The number of hydrogen-bond acceptors (Lipinski definition) is 3. The lowest BCUT2D eigenvalue weighted by Crippen LogP contribution is -2.44. The predicted octanol–water partition coefficient (Wildman–Crippen LogP) is 2.05. The second-order valence-corrected chi connectivity index (χ2v) is 6.33. The van der Waals surface area contributed by atoms with Crippen LogP contribution in [0, 0.1) is 10.5 Å². The van der Waals surface area contributed by atoms with Gasteiger partial charge in [0.05, 0.1) is 0 Å². The number of nitrogens with one attached hydrogen (secondary N) is 2. The lowest BCUT2D eigenvalue weighted by atomic mass is 10.1. The summed E-state index contributed by atoms with van der Waals surface area (Å²) in [5.74, 6) is 0.0308. The molecule has 1 heterocycles. The lowest BCUT2D eigenvalue weighted by Gasteiger charge is -2.27. The van der Waals surface area contributed by atoms with Crippen molar-refractivity contribution in [2.45, 2.75) is 13.3 Å². The summed E-state index contributed by atoms with van der Waals surface area (Å²) in [7, 11) is 0. The molecule has 1 saturated heterocycles. The number of halogens is 2. The molecule has 1 aromatic rings. The van der Waals surface area contributed by atoms with Crippen molar-refractivity contribution < 1.29 is 4.79 Å². The van der Waals surface area contributed by atoms with Crippen molar-refractivity contribution >= 4 is 40.9 Å². The number of amides is 1. The standard InChI is InChI=1S/C15H22IN3O.ClH/c1-12-3-4-13(11-14(12)16)15(20)18-5-2-8-19-9-6-17-7-10-19;/h3-4,11,17H,2,5-10H2,1H3,(H,18,20);1H. The van der Waals surface area contributed by atoms with Gasteiger partial charge in [-0.15, -0.1) is 12.4 Å². The van der Waals surface area contributed by atoms with Gasteiger partial charge in [-0.2, -0.15) is 0 Å². The second-order valence-electron chi connectivity index (χ2n) is 5.17. The van der Waals surface area contributed by atoms with Gasteiger partial charge in [-0.25, -0.2) is 0 Å². The zero-order valence-corrected chi connectivity index (χ0v) is 15.3. The van der Waals surface area contributed by atoms with Gasteiger partial charge in [0, 0.05) is 41.9 Å². The summed E-state index contributed by atoms with van der Waals surface area (Å²) < 4.78 is 1.14. The first-order valence-corrected chi connectivity index (χ1v) is 8.22. The van der Waals surface area contributed by atoms with E-state index in [0.29, 0.717) is 0 Å². The molecule has 0 unspecified atom stereocenters. The van der Waals surface area contributed by atoms with E-state index in [0.717, 1.165) is 54.8 Å². The highest BCUT2D eigenvalue weighted by atomic mass is 127. The van der Waals surface area contributed by atoms with Crippen molar-refractivity contribution in [1.29, 1.82) is 0 Å². The molecule has 118 valence electrons. The largest absolute Gasteiger partial charge is 0.352 e. The Labute approximate surface area is 146 Å². The van der Waals surface area contributed by atoms with Crippen LogP contribution in [0.4, 0.5) is 0 Å². The normalized spacial score (nSPS) is 15.3. The third kappa shape index (κ3) is 6.10. The fraction of sp³-hybridized carbons (Fsp3) is 0.533. The molecule has 2 N–H and O–H groups in total. The number of carbonyl (C=O) groups is 1. The number of rotatable bonds is 5. The Bertz CT molecular complexity index is 464. The minimum absolute atomic E-state index is 0. The van der Waals surface area contributed by atoms with Crippen LogP contribution in [0.25, 0.3) is 0 Å². The summed E-state index contributed by atoms with van der Waals surface area (Å²) in [5, 5.41) is 6.34. The van der Waals surface area contributed by atoms with Gasteiger partial charge in [0.1, 0.15) is 0 Å². The van der Waals surface area contributed by atoms with Crippen molar-refractivity contribution in [3.63, 3.8) is 0 Å². The van der Waals surface area contributed by atoms with Gasteiger partial charge in [-0.05, 0) is 60.2 Å². The summed E-state index contributed by atoms with van der Waals surface area (Å²) in [6, 6.07) is 5.84. The van der Waals surface area contributed by atoms with Crippen molar-refractivity contribution in [3.05, 3.63) is 32.9 Å². The molecule has 0 spiro atoms. The van der Waals surface area contributed by atoms with E-state index >= 15 is 0 Å². The lowest BCUT2D eigenvalue weighted by molar-refractivity contribution is 0.0951. The molecule has 0 bridgehead atoms. The average molecular weight is 424 g/mol. The summed E-state index contributed by atoms with van der Waals surface area (Å²) in [6.07, 6.45) is 1.01. The van der Waals surface area contributed by atoms with E-state index < -0.39 is 0 Å². The molecule has 1 aliphatic heterocycles. The Kier molecular flexibility index (Phi) is 8.55. The topological polar surface area (TPSA) is 44.4 Å². The number of carbonyl (C=O) groups excluding carboxylic acids is 1. The Morgan fingerprint density at radius 2 is 2.10 bits per heavy atom. The van der Waals surface area contributed by atoms with Gasteiger partial charge < -0.3 is 15.5 Å². The van der Waals surface area contributed by atoms with Crippen LogP contribution in [0.5, 0.6) is 0 Å². The fourth-order valence-corrected chi connectivity index (χ4v) is 2.79. The Morgan fingerprint density at radius 1 is 1.38 bits per heavy atom. The molecule has 0 aromatic heterocycles. The van der Waals surface area contributed by atoms with E-state index in [1.165, 1.54) is 5.56 Å². The van der Waals surface area contributed by atoms with Gasteiger partial charge in [0.25, 0.3) is 5.91 Å². The minimum atomic E-state index is 0. The maximum atomic E-state index is 12.0. The van der Waals surface area contributed by atoms with Crippen LogP contribution >= 0.6 is 35.0 Å². The van der Waals surface area contributed by atoms with Crippen LogP contribution in [0.3, 0.4) is 0 Å². The number of piperazine rings is 1. The van der Waals surface area contributed by atoms with E-state index in [-0.39, 0.29) is 18.3 Å². The molecule has 21 heavy (non-hydrogen) atoms. The maximum absolute atomic E-state index is 12.0. The molecule has 1 amide bonds. The van der Waals surface area contributed by atoms with Gasteiger partial charge in [-0.3, -0.25) is 4.79 Å². The molecule has 1 aromatic carbocycles. The number of hydrogen-bond donors (Lipinski definition) is 2. The first-order valence-electron chi connectivity index (χ1n) is 7.14. The van der Waals surface area contributed by atoms with Crippen molar-refractivity contribution in [3.8, 4) is 0 Å². The summed E-state index contributed by atoms with van der Waals surface area (Å²) in [6.45, 7) is 8.24. The number of nitrogens with zero attached hydrogens (tertiary/aromatic N) is 1. The van der Waals surface area contributed by atoms with Crippen molar-refractivity contribution in [1.82, 2.24) is 15.5 Å². The van der Waals surface area contributed by atoms with Gasteiger partial charge in [0.2, 0.25) is 0 Å². The first-order chi connectivity index (χ1) is 9.66. The van der Waals surface area contributed by atoms with Crippen LogP contribution in [0.1, 0.15) is 22.3 Å². The summed E-state index contributed by atoms with van der Waals surface area (Å²) in [4.78, 5) is 14.5. The average Bonchev–Trinajstić information content (AvgIpc) is 2.47. The third-order valence-corrected chi connectivity index (χ3v) is 4.74. The zero-order chi connectivity index (χ0) is 14.4. The second kappa shape index (κ2) is 9.61. The molecule has 1 fully saturated rings. The number of benzene rings is 1. The third-order valence-electron chi connectivity index (χ3n) is 3.58. The van der Waals surface area contributed by atoms with Crippen molar-refractivity contribution in [2.24, 2.45) is 0 Å². The van der Waals surface area contributed by atoms with E-state index in [1.54, 1.807) is 0 Å². The first kappa shape index (κ1) is 18.7. The Balaban J connectivity index is 0.00000220. The molecular formula is C15H23ClIN3O. The predicted molar refractivity (Wildman–Crippen MR) is 97.4 cm³/mol. The molecule has 0 aliphatic carbocycles. The SMILES string of the molecule is Cc1ccc(C(=O)NCCCN2CCNCC2)cc1I.Cl. The molecule has 4 nitrogen and oxygen atoms in total. The quantitative estimate of drug-likeness (QED) is 0.563. The van der Waals surface area contributed by atoms with Gasteiger partial charge >= 0.3 is 0 Å². The molecule has 2 rings (SSSR count). The highest BCUT2D eigenvalue weighted by Crippen LogP contribution is 2.13.